The van der Waals surface area contributed by atoms with Crippen LogP contribution >= 0.6 is 23.2 Å². The normalized spacial score (nSPS) is 21.1. The molecule has 9 nitrogen and oxygen atoms in total. The Kier molecular flexibility index (Phi) is 7.08. The van der Waals surface area contributed by atoms with Crippen molar-refractivity contribution in [3.05, 3.63) is 41.3 Å². The summed E-state index contributed by atoms with van der Waals surface area (Å²) in [6.07, 6.45) is 2.93. The van der Waals surface area contributed by atoms with Gasteiger partial charge in [0.15, 0.2) is 5.15 Å². The average molecular weight is 522 g/mol. The number of hydrogen-bond acceptors (Lipinski definition) is 8. The predicted octanol–water partition coefficient (Wildman–Crippen LogP) is 3.59. The van der Waals surface area contributed by atoms with Gasteiger partial charge in [-0.15, -0.1) is 0 Å². The number of fused-ring (bicyclic) bond motifs is 1. The van der Waals surface area contributed by atoms with E-state index in [-0.39, 0.29) is 17.6 Å². The molecule has 2 N–H and O–H groups in total. The van der Waals surface area contributed by atoms with E-state index in [1.165, 1.54) is 10.9 Å². The fraction of sp³-hybridized carbons (Fsp3) is 0.435. The van der Waals surface area contributed by atoms with Crippen LogP contribution in [0.2, 0.25) is 10.2 Å². The van der Waals surface area contributed by atoms with Crippen molar-refractivity contribution in [3.63, 3.8) is 0 Å². The molecule has 186 valence electrons. The molecular formula is C23H26Cl2FN7O2. The number of rotatable bonds is 7. The standard InChI is InChI=1S/C23H26Cl2FN7O2/c1-14(2-3-26)33-22(25)18(11-28-33)30-23-27-10-15-8-16(24)19(9-17(15)29-23)31-4-6-32(7-5-31)20-12-35-13-21(20)34/h8-11,20-21,34H,1-7,12-13H2,(H,27,29,30). The van der Waals surface area contributed by atoms with E-state index in [2.05, 4.69) is 36.8 Å². The molecule has 1 aromatic carbocycles. The van der Waals surface area contributed by atoms with Crippen molar-refractivity contribution in [2.24, 2.45) is 0 Å². The van der Waals surface area contributed by atoms with Crippen molar-refractivity contribution in [1.82, 2.24) is 24.6 Å². The summed E-state index contributed by atoms with van der Waals surface area (Å²) in [4.78, 5) is 13.5. The second-order valence-corrected chi connectivity index (χ2v) is 9.41. The van der Waals surface area contributed by atoms with E-state index in [4.69, 9.17) is 27.9 Å². The number of aliphatic hydroxyl groups excluding tert-OH is 1. The van der Waals surface area contributed by atoms with Gasteiger partial charge in [0.25, 0.3) is 0 Å². The van der Waals surface area contributed by atoms with Crippen molar-refractivity contribution in [2.75, 3.05) is 56.3 Å². The van der Waals surface area contributed by atoms with Gasteiger partial charge < -0.3 is 20.1 Å². The van der Waals surface area contributed by atoms with Gasteiger partial charge in [0.2, 0.25) is 5.95 Å². The fourth-order valence-electron chi connectivity index (χ4n) is 4.49. The topological polar surface area (TPSA) is 91.6 Å². The molecule has 2 atom stereocenters. The highest BCUT2D eigenvalue weighted by molar-refractivity contribution is 6.34. The molecule has 5 rings (SSSR count). The van der Waals surface area contributed by atoms with Crippen molar-refractivity contribution < 1.29 is 14.2 Å². The van der Waals surface area contributed by atoms with E-state index >= 15 is 0 Å². The van der Waals surface area contributed by atoms with Crippen LogP contribution in [0.1, 0.15) is 6.42 Å². The van der Waals surface area contributed by atoms with E-state index in [0.29, 0.717) is 35.6 Å². The minimum atomic E-state index is -0.539. The number of allylic oxidation sites excluding steroid dienone is 1. The molecule has 0 bridgehead atoms. The summed E-state index contributed by atoms with van der Waals surface area (Å²) in [7, 11) is 0. The number of nitrogens with one attached hydrogen (secondary N) is 1. The molecule has 4 heterocycles. The van der Waals surface area contributed by atoms with Crippen molar-refractivity contribution in [3.8, 4) is 0 Å². The lowest BCUT2D eigenvalue weighted by Crippen LogP contribution is -2.53. The molecule has 0 saturated carbocycles. The maximum absolute atomic E-state index is 12.7. The first-order chi connectivity index (χ1) is 16.9. The first-order valence-electron chi connectivity index (χ1n) is 11.4. The number of piperazine rings is 1. The minimum Gasteiger partial charge on any atom is -0.389 e. The number of ether oxygens (including phenoxy) is 1. The SMILES string of the molecule is C=C(CCF)n1ncc(Nc2ncc3cc(Cl)c(N4CCN(C5COCC5O)CC4)cc3n2)c1Cl. The maximum Gasteiger partial charge on any atom is 0.227 e. The maximum atomic E-state index is 12.7. The molecule has 0 spiro atoms. The third kappa shape index (κ3) is 4.94. The van der Waals surface area contributed by atoms with Crippen LogP contribution in [-0.4, -0.2) is 88.0 Å². The molecule has 2 aromatic heterocycles. The molecule has 0 amide bonds. The van der Waals surface area contributed by atoms with Gasteiger partial charge in [-0.25, -0.2) is 14.6 Å². The van der Waals surface area contributed by atoms with E-state index in [1.807, 2.05) is 12.1 Å². The molecule has 0 aliphatic carbocycles. The van der Waals surface area contributed by atoms with Gasteiger partial charge in [0.1, 0.15) is 0 Å². The van der Waals surface area contributed by atoms with Gasteiger partial charge in [-0.1, -0.05) is 29.8 Å². The van der Waals surface area contributed by atoms with Crippen molar-refractivity contribution in [1.29, 1.82) is 0 Å². The van der Waals surface area contributed by atoms with E-state index in [0.717, 1.165) is 42.8 Å². The zero-order valence-electron chi connectivity index (χ0n) is 19.0. The molecular weight excluding hydrogens is 496 g/mol. The minimum absolute atomic E-state index is 0.0518. The number of halogens is 3. The Hall–Kier alpha value is -2.50. The van der Waals surface area contributed by atoms with Crippen LogP contribution in [0.3, 0.4) is 0 Å². The molecule has 2 saturated heterocycles. The van der Waals surface area contributed by atoms with Gasteiger partial charge in [-0.2, -0.15) is 5.10 Å². The number of nitrogens with zero attached hydrogens (tertiary/aromatic N) is 6. The Bertz CT molecular complexity index is 1230. The largest absolute Gasteiger partial charge is 0.389 e. The summed E-state index contributed by atoms with van der Waals surface area (Å²) in [5, 5.41) is 19.1. The molecule has 2 unspecified atom stereocenters. The summed E-state index contributed by atoms with van der Waals surface area (Å²) in [5.74, 6) is 0.350. The lowest BCUT2D eigenvalue weighted by Gasteiger charge is -2.39. The monoisotopic (exact) mass is 521 g/mol. The summed E-state index contributed by atoms with van der Waals surface area (Å²) in [5.41, 5.74) is 2.59. The molecule has 2 aliphatic rings. The van der Waals surface area contributed by atoms with Crippen LogP contribution in [0.15, 0.2) is 31.1 Å². The van der Waals surface area contributed by atoms with Crippen LogP contribution in [0.5, 0.6) is 0 Å². The Morgan fingerprint density at radius 2 is 2.00 bits per heavy atom. The Balaban J connectivity index is 1.33. The Morgan fingerprint density at radius 1 is 1.20 bits per heavy atom. The first kappa shape index (κ1) is 24.2. The van der Waals surface area contributed by atoms with E-state index in [1.54, 1.807) is 6.20 Å². The van der Waals surface area contributed by atoms with Gasteiger partial charge in [-0.3, -0.25) is 9.29 Å². The number of aliphatic hydroxyl groups is 1. The Morgan fingerprint density at radius 3 is 2.71 bits per heavy atom. The number of alkyl halides is 1. The smallest absolute Gasteiger partial charge is 0.227 e. The summed E-state index contributed by atoms with van der Waals surface area (Å²) in [6, 6.07) is 3.88. The molecule has 2 aliphatic heterocycles. The number of hydrogen-bond donors (Lipinski definition) is 2. The Labute approximate surface area is 212 Å². The fourth-order valence-corrected chi connectivity index (χ4v) is 5.04. The highest BCUT2D eigenvalue weighted by Gasteiger charge is 2.33. The zero-order valence-corrected chi connectivity index (χ0v) is 20.5. The van der Waals surface area contributed by atoms with E-state index < -0.39 is 12.8 Å². The number of benzene rings is 1. The van der Waals surface area contributed by atoms with E-state index in [9.17, 15) is 9.50 Å². The highest BCUT2D eigenvalue weighted by atomic mass is 35.5. The number of anilines is 3. The van der Waals surface area contributed by atoms with Gasteiger partial charge in [-0.05, 0) is 12.1 Å². The average Bonchev–Trinajstić information content (AvgIpc) is 3.44. The van der Waals surface area contributed by atoms with Crippen LogP contribution in [0, 0.1) is 0 Å². The van der Waals surface area contributed by atoms with Crippen LogP contribution < -0.4 is 10.2 Å². The third-order valence-electron chi connectivity index (χ3n) is 6.43. The summed E-state index contributed by atoms with van der Waals surface area (Å²) in [6.45, 7) is 7.42. The lowest BCUT2D eigenvalue weighted by molar-refractivity contribution is 0.0785. The molecule has 12 heteroatoms. The van der Waals surface area contributed by atoms with Crippen molar-refractivity contribution in [2.45, 2.75) is 18.6 Å². The molecule has 2 fully saturated rings. The van der Waals surface area contributed by atoms with Crippen LogP contribution in [-0.2, 0) is 4.74 Å². The van der Waals surface area contributed by atoms with Crippen LogP contribution in [0.25, 0.3) is 16.6 Å². The summed E-state index contributed by atoms with van der Waals surface area (Å²) < 4.78 is 19.4. The predicted molar refractivity (Wildman–Crippen MR) is 135 cm³/mol. The van der Waals surface area contributed by atoms with Gasteiger partial charge in [0.05, 0.1) is 60.1 Å². The third-order valence-corrected chi connectivity index (χ3v) is 7.10. The van der Waals surface area contributed by atoms with Crippen molar-refractivity contribution >= 4 is 57.1 Å². The quantitative estimate of drug-likeness (QED) is 0.487. The highest BCUT2D eigenvalue weighted by Crippen LogP contribution is 2.33. The summed E-state index contributed by atoms with van der Waals surface area (Å²) >= 11 is 13.0. The van der Waals surface area contributed by atoms with Gasteiger partial charge >= 0.3 is 0 Å². The van der Waals surface area contributed by atoms with Gasteiger partial charge in [0, 0.05) is 49.9 Å². The molecule has 3 aromatic rings. The molecule has 35 heavy (non-hydrogen) atoms. The lowest BCUT2D eigenvalue weighted by atomic mass is 10.1. The first-order valence-corrected chi connectivity index (χ1v) is 12.2. The second-order valence-electron chi connectivity index (χ2n) is 8.64. The molecule has 0 radical (unpaired) electrons. The zero-order chi connectivity index (χ0) is 24.5. The second kappa shape index (κ2) is 10.2. The van der Waals surface area contributed by atoms with Crippen LogP contribution in [0.4, 0.5) is 21.7 Å². The number of aromatic nitrogens is 4.